The molecule has 0 aliphatic heterocycles. The van der Waals surface area contributed by atoms with E-state index in [0.29, 0.717) is 11.3 Å². The molecule has 3 rings (SSSR count). The molecule has 0 spiro atoms. The predicted octanol–water partition coefficient (Wildman–Crippen LogP) is 2.28. The van der Waals surface area contributed by atoms with Gasteiger partial charge in [0.2, 0.25) is 10.0 Å². The lowest BCUT2D eigenvalue weighted by Gasteiger charge is -2.08. The van der Waals surface area contributed by atoms with Gasteiger partial charge in [-0.3, -0.25) is 4.79 Å². The highest BCUT2D eigenvalue weighted by atomic mass is 32.2. The van der Waals surface area contributed by atoms with Crippen molar-refractivity contribution in [1.29, 1.82) is 0 Å². The van der Waals surface area contributed by atoms with E-state index in [2.05, 4.69) is 5.32 Å². The zero-order valence-electron chi connectivity index (χ0n) is 14.1. The number of esters is 1. The Bertz CT molecular complexity index is 1110. The lowest BCUT2D eigenvalue weighted by atomic mass is 10.1. The molecule has 0 aliphatic rings. The van der Waals surface area contributed by atoms with Crippen molar-refractivity contribution in [2.75, 3.05) is 11.9 Å². The Morgan fingerprint density at radius 2 is 1.59 bits per heavy atom. The van der Waals surface area contributed by atoms with Crippen molar-refractivity contribution >= 4 is 38.4 Å². The standard InChI is InChI=1S/C19H16N2O5S/c20-27(24,25)17-9-7-16(8-10-17)21-18(22)12-26-19(23)15-6-5-13-3-1-2-4-14(13)11-15/h1-11H,12H2,(H,21,22)(H2,20,24,25). The summed E-state index contributed by atoms with van der Waals surface area (Å²) in [7, 11) is -3.80. The van der Waals surface area contributed by atoms with Gasteiger partial charge in [0, 0.05) is 5.69 Å². The quantitative estimate of drug-likeness (QED) is 0.655. The van der Waals surface area contributed by atoms with Gasteiger partial charge in [-0.1, -0.05) is 30.3 Å². The largest absolute Gasteiger partial charge is 0.452 e. The van der Waals surface area contributed by atoms with E-state index in [4.69, 9.17) is 9.88 Å². The molecular formula is C19H16N2O5S. The Hall–Kier alpha value is -3.23. The maximum absolute atomic E-state index is 12.1. The molecule has 0 fully saturated rings. The molecule has 0 aliphatic carbocycles. The van der Waals surface area contributed by atoms with Gasteiger partial charge in [-0.2, -0.15) is 0 Å². The second kappa shape index (κ2) is 7.56. The van der Waals surface area contributed by atoms with Crippen LogP contribution in [0.3, 0.4) is 0 Å². The van der Waals surface area contributed by atoms with Crippen LogP contribution < -0.4 is 10.5 Å². The number of primary sulfonamides is 1. The van der Waals surface area contributed by atoms with Gasteiger partial charge in [0.15, 0.2) is 6.61 Å². The van der Waals surface area contributed by atoms with Gasteiger partial charge in [-0.15, -0.1) is 0 Å². The summed E-state index contributed by atoms with van der Waals surface area (Å²) in [5, 5.41) is 9.40. The number of carbonyl (C=O) groups is 2. The van der Waals surface area contributed by atoms with Crippen LogP contribution in [0.1, 0.15) is 10.4 Å². The predicted molar refractivity (Wildman–Crippen MR) is 101 cm³/mol. The molecule has 138 valence electrons. The number of anilines is 1. The van der Waals surface area contributed by atoms with Crippen LogP contribution in [0.25, 0.3) is 10.8 Å². The van der Waals surface area contributed by atoms with E-state index in [1.165, 1.54) is 24.3 Å². The normalized spacial score (nSPS) is 11.1. The fourth-order valence-corrected chi connectivity index (χ4v) is 2.97. The Morgan fingerprint density at radius 1 is 0.926 bits per heavy atom. The molecule has 0 saturated carbocycles. The zero-order chi connectivity index (χ0) is 19.4. The molecule has 0 unspecified atom stereocenters. The lowest BCUT2D eigenvalue weighted by molar-refractivity contribution is -0.119. The minimum atomic E-state index is -3.80. The van der Waals surface area contributed by atoms with Crippen LogP contribution in [-0.2, 0) is 19.6 Å². The van der Waals surface area contributed by atoms with E-state index in [1.54, 1.807) is 18.2 Å². The maximum Gasteiger partial charge on any atom is 0.338 e. The van der Waals surface area contributed by atoms with Crippen LogP contribution in [0.5, 0.6) is 0 Å². The summed E-state index contributed by atoms with van der Waals surface area (Å²) in [6.45, 7) is -0.470. The molecule has 0 heterocycles. The van der Waals surface area contributed by atoms with Crippen molar-refractivity contribution in [3.8, 4) is 0 Å². The molecule has 0 radical (unpaired) electrons. The Morgan fingerprint density at radius 3 is 2.26 bits per heavy atom. The highest BCUT2D eigenvalue weighted by Crippen LogP contribution is 2.16. The van der Waals surface area contributed by atoms with E-state index in [-0.39, 0.29) is 4.90 Å². The molecule has 3 aromatic rings. The van der Waals surface area contributed by atoms with Gasteiger partial charge in [0.25, 0.3) is 5.91 Å². The first-order valence-electron chi connectivity index (χ1n) is 7.91. The molecule has 0 aromatic heterocycles. The van der Waals surface area contributed by atoms with Crippen LogP contribution in [0.15, 0.2) is 71.6 Å². The lowest BCUT2D eigenvalue weighted by Crippen LogP contribution is -2.21. The number of benzene rings is 3. The van der Waals surface area contributed by atoms with Crippen molar-refractivity contribution in [3.63, 3.8) is 0 Å². The number of rotatable bonds is 5. The van der Waals surface area contributed by atoms with Gasteiger partial charge < -0.3 is 10.1 Å². The number of hydrogen-bond donors (Lipinski definition) is 2. The van der Waals surface area contributed by atoms with Crippen LogP contribution in [-0.4, -0.2) is 26.9 Å². The summed E-state index contributed by atoms with van der Waals surface area (Å²) in [5.41, 5.74) is 0.702. The van der Waals surface area contributed by atoms with Crippen molar-refractivity contribution in [2.45, 2.75) is 4.90 Å². The number of carbonyl (C=O) groups excluding carboxylic acids is 2. The third-order valence-corrected chi connectivity index (χ3v) is 4.72. The van der Waals surface area contributed by atoms with Crippen LogP contribution >= 0.6 is 0 Å². The molecule has 7 nitrogen and oxygen atoms in total. The third kappa shape index (κ3) is 4.69. The van der Waals surface area contributed by atoms with E-state index in [0.717, 1.165) is 10.8 Å². The van der Waals surface area contributed by atoms with Crippen molar-refractivity contribution in [3.05, 3.63) is 72.3 Å². The van der Waals surface area contributed by atoms with E-state index < -0.39 is 28.5 Å². The number of ether oxygens (including phenoxy) is 1. The average molecular weight is 384 g/mol. The summed E-state index contributed by atoms with van der Waals surface area (Å²) in [4.78, 5) is 24.0. The minimum absolute atomic E-state index is 0.0665. The minimum Gasteiger partial charge on any atom is -0.452 e. The SMILES string of the molecule is NS(=O)(=O)c1ccc(NC(=O)COC(=O)c2ccc3ccccc3c2)cc1. The summed E-state index contributed by atoms with van der Waals surface area (Å²) in [5.74, 6) is -1.16. The number of fused-ring (bicyclic) bond motifs is 1. The highest BCUT2D eigenvalue weighted by Gasteiger charge is 2.12. The van der Waals surface area contributed by atoms with Crippen molar-refractivity contribution in [2.24, 2.45) is 5.14 Å². The zero-order valence-corrected chi connectivity index (χ0v) is 14.9. The first-order chi connectivity index (χ1) is 12.8. The molecule has 0 bridgehead atoms. The fraction of sp³-hybridized carbons (Fsp3) is 0.0526. The molecule has 8 heteroatoms. The first kappa shape index (κ1) is 18.6. The van der Waals surface area contributed by atoms with Gasteiger partial charge in [-0.25, -0.2) is 18.4 Å². The number of nitrogens with two attached hydrogens (primary N) is 1. The van der Waals surface area contributed by atoms with Gasteiger partial charge in [0.05, 0.1) is 10.5 Å². The number of nitrogens with one attached hydrogen (secondary N) is 1. The van der Waals surface area contributed by atoms with Crippen LogP contribution in [0.2, 0.25) is 0 Å². The van der Waals surface area contributed by atoms with Crippen LogP contribution in [0.4, 0.5) is 5.69 Å². The smallest absolute Gasteiger partial charge is 0.338 e. The van der Waals surface area contributed by atoms with E-state index in [9.17, 15) is 18.0 Å². The fourth-order valence-electron chi connectivity index (χ4n) is 2.46. The molecule has 3 aromatic carbocycles. The summed E-state index contributed by atoms with van der Waals surface area (Å²) < 4.78 is 27.4. The Kier molecular flexibility index (Phi) is 5.20. The first-order valence-corrected chi connectivity index (χ1v) is 9.46. The number of hydrogen-bond acceptors (Lipinski definition) is 5. The molecule has 1 amide bonds. The summed E-state index contributed by atoms with van der Waals surface area (Å²) in [6, 6.07) is 18.0. The summed E-state index contributed by atoms with van der Waals surface area (Å²) in [6.07, 6.45) is 0. The highest BCUT2D eigenvalue weighted by molar-refractivity contribution is 7.89. The van der Waals surface area contributed by atoms with Crippen molar-refractivity contribution < 1.29 is 22.7 Å². The monoisotopic (exact) mass is 384 g/mol. The Balaban J connectivity index is 1.58. The Labute approximate surface area is 155 Å². The molecule has 3 N–H and O–H groups in total. The summed E-state index contributed by atoms with van der Waals surface area (Å²) >= 11 is 0. The number of sulfonamides is 1. The van der Waals surface area contributed by atoms with Gasteiger partial charge in [0.1, 0.15) is 0 Å². The van der Waals surface area contributed by atoms with Gasteiger partial charge in [-0.05, 0) is 47.2 Å². The third-order valence-electron chi connectivity index (χ3n) is 3.79. The van der Waals surface area contributed by atoms with E-state index in [1.807, 2.05) is 24.3 Å². The molecule has 0 atom stereocenters. The second-order valence-corrected chi connectivity index (χ2v) is 7.32. The van der Waals surface area contributed by atoms with Crippen molar-refractivity contribution in [1.82, 2.24) is 0 Å². The molecular weight excluding hydrogens is 368 g/mol. The van der Waals surface area contributed by atoms with E-state index >= 15 is 0 Å². The molecule has 0 saturated heterocycles. The average Bonchev–Trinajstić information content (AvgIpc) is 2.65. The maximum atomic E-state index is 12.1. The van der Waals surface area contributed by atoms with Crippen LogP contribution in [0, 0.1) is 0 Å². The van der Waals surface area contributed by atoms with Gasteiger partial charge >= 0.3 is 5.97 Å². The second-order valence-electron chi connectivity index (χ2n) is 5.76. The topological polar surface area (TPSA) is 116 Å². The number of amides is 1. The molecule has 27 heavy (non-hydrogen) atoms.